The van der Waals surface area contributed by atoms with Gasteiger partial charge in [0.25, 0.3) is 0 Å². The summed E-state index contributed by atoms with van der Waals surface area (Å²) in [6, 6.07) is 8.37. The number of benzene rings is 1. The van der Waals surface area contributed by atoms with Crippen LogP contribution >= 0.6 is 24.2 Å². The number of likely N-dealkylation sites (tertiary alicyclic amines) is 1. The molecular formula is C16H25ClN2OS. The number of amides is 1. The van der Waals surface area contributed by atoms with Crippen LogP contribution in [-0.2, 0) is 4.79 Å². The highest BCUT2D eigenvalue weighted by molar-refractivity contribution is 8.00. The molecule has 1 atom stereocenters. The van der Waals surface area contributed by atoms with Crippen molar-refractivity contribution >= 4 is 30.1 Å². The quantitative estimate of drug-likeness (QED) is 0.843. The maximum absolute atomic E-state index is 12.3. The van der Waals surface area contributed by atoms with E-state index in [4.69, 9.17) is 0 Å². The molecule has 0 aliphatic carbocycles. The summed E-state index contributed by atoms with van der Waals surface area (Å²) >= 11 is 1.64. The summed E-state index contributed by atoms with van der Waals surface area (Å²) in [4.78, 5) is 15.5. The van der Waals surface area contributed by atoms with E-state index in [0.717, 1.165) is 26.1 Å². The van der Waals surface area contributed by atoms with Gasteiger partial charge in [-0.05, 0) is 51.4 Å². The van der Waals surface area contributed by atoms with Crippen molar-refractivity contribution in [3.8, 4) is 0 Å². The van der Waals surface area contributed by atoms with E-state index >= 15 is 0 Å². The Bertz CT molecular complexity index is 436. The zero-order valence-electron chi connectivity index (χ0n) is 12.8. The van der Waals surface area contributed by atoms with Crippen molar-refractivity contribution in [2.24, 2.45) is 5.92 Å². The number of aryl methyl sites for hydroxylation is 1. The lowest BCUT2D eigenvalue weighted by Gasteiger charge is -2.32. The molecule has 1 saturated heterocycles. The highest BCUT2D eigenvalue weighted by atomic mass is 35.5. The Morgan fingerprint density at radius 1 is 1.38 bits per heavy atom. The van der Waals surface area contributed by atoms with Crippen molar-refractivity contribution in [1.29, 1.82) is 0 Å². The molecule has 1 N–H and O–H groups in total. The Morgan fingerprint density at radius 2 is 2.10 bits per heavy atom. The molecule has 118 valence electrons. The van der Waals surface area contributed by atoms with Gasteiger partial charge in [0, 0.05) is 18.0 Å². The Balaban J connectivity index is 0.00000220. The molecule has 1 unspecified atom stereocenters. The van der Waals surface area contributed by atoms with Gasteiger partial charge in [0.15, 0.2) is 0 Å². The first-order valence-corrected chi connectivity index (χ1v) is 8.29. The van der Waals surface area contributed by atoms with Gasteiger partial charge in [-0.25, -0.2) is 0 Å². The number of nitrogens with one attached hydrogen (secondary N) is 1. The monoisotopic (exact) mass is 328 g/mol. The van der Waals surface area contributed by atoms with Crippen LogP contribution in [0.25, 0.3) is 0 Å². The number of hydrogen-bond acceptors (Lipinski definition) is 3. The van der Waals surface area contributed by atoms with Gasteiger partial charge >= 0.3 is 0 Å². The molecule has 3 nitrogen and oxygen atoms in total. The van der Waals surface area contributed by atoms with Crippen molar-refractivity contribution in [2.45, 2.75) is 24.7 Å². The molecule has 0 spiro atoms. The fraction of sp³-hybridized carbons (Fsp3) is 0.562. The van der Waals surface area contributed by atoms with E-state index in [2.05, 4.69) is 36.5 Å². The highest BCUT2D eigenvalue weighted by Gasteiger charge is 2.22. The van der Waals surface area contributed by atoms with E-state index in [1.54, 1.807) is 11.8 Å². The Kier molecular flexibility index (Phi) is 8.15. The third kappa shape index (κ3) is 5.89. The zero-order valence-corrected chi connectivity index (χ0v) is 14.4. The summed E-state index contributed by atoms with van der Waals surface area (Å²) in [5.74, 6) is 1.44. The van der Waals surface area contributed by atoms with Crippen LogP contribution in [0.15, 0.2) is 29.2 Å². The predicted molar refractivity (Wildman–Crippen MR) is 92.4 cm³/mol. The number of rotatable bonds is 5. The summed E-state index contributed by atoms with van der Waals surface area (Å²) in [6.45, 7) is 4.92. The van der Waals surface area contributed by atoms with Crippen LogP contribution in [0.2, 0.25) is 0 Å². The molecule has 1 heterocycles. The first-order valence-electron chi connectivity index (χ1n) is 7.31. The highest BCUT2D eigenvalue weighted by Crippen LogP contribution is 2.21. The van der Waals surface area contributed by atoms with Crippen molar-refractivity contribution in [3.63, 3.8) is 0 Å². The fourth-order valence-corrected chi connectivity index (χ4v) is 3.42. The number of carbonyl (C=O) groups is 1. The van der Waals surface area contributed by atoms with Crippen molar-refractivity contribution in [1.82, 2.24) is 10.2 Å². The second-order valence-electron chi connectivity index (χ2n) is 5.51. The molecule has 0 radical (unpaired) electrons. The Morgan fingerprint density at radius 3 is 2.76 bits per heavy atom. The Hall–Kier alpha value is -0.710. The molecule has 5 heteroatoms. The number of carbonyl (C=O) groups excluding carboxylic acids is 1. The summed E-state index contributed by atoms with van der Waals surface area (Å²) in [7, 11) is 1.98. The van der Waals surface area contributed by atoms with Crippen LogP contribution in [0.4, 0.5) is 0 Å². The van der Waals surface area contributed by atoms with E-state index in [9.17, 15) is 4.79 Å². The predicted octanol–water partition coefficient (Wildman–Crippen LogP) is 2.97. The number of hydrogen-bond donors (Lipinski definition) is 1. The van der Waals surface area contributed by atoms with Crippen LogP contribution in [0.1, 0.15) is 18.4 Å². The Labute approximate surface area is 138 Å². The second kappa shape index (κ2) is 9.34. The molecule has 21 heavy (non-hydrogen) atoms. The molecule has 1 aliphatic heterocycles. The van der Waals surface area contributed by atoms with Crippen LogP contribution < -0.4 is 5.32 Å². The largest absolute Gasteiger partial charge is 0.342 e. The normalized spacial score (nSPS) is 18.2. The van der Waals surface area contributed by atoms with Gasteiger partial charge in [-0.3, -0.25) is 4.79 Å². The van der Waals surface area contributed by atoms with Crippen LogP contribution in [-0.4, -0.2) is 43.2 Å². The smallest absolute Gasteiger partial charge is 0.232 e. The first kappa shape index (κ1) is 18.3. The molecule has 1 amide bonds. The van der Waals surface area contributed by atoms with Gasteiger partial charge < -0.3 is 10.2 Å². The first-order chi connectivity index (χ1) is 9.69. The van der Waals surface area contributed by atoms with Gasteiger partial charge in [0.1, 0.15) is 0 Å². The van der Waals surface area contributed by atoms with Gasteiger partial charge in [-0.2, -0.15) is 0 Å². The van der Waals surface area contributed by atoms with Crippen LogP contribution in [0.5, 0.6) is 0 Å². The number of piperidine rings is 1. The molecule has 0 bridgehead atoms. The lowest BCUT2D eigenvalue weighted by Crippen LogP contribution is -2.43. The number of nitrogens with zero attached hydrogens (tertiary/aromatic N) is 1. The van der Waals surface area contributed by atoms with Gasteiger partial charge in [0.05, 0.1) is 5.75 Å². The molecule has 1 aromatic rings. The maximum atomic E-state index is 12.3. The third-order valence-corrected chi connectivity index (χ3v) is 4.74. The minimum absolute atomic E-state index is 0. The van der Waals surface area contributed by atoms with Crippen molar-refractivity contribution in [2.75, 3.05) is 32.4 Å². The molecule has 0 aromatic heterocycles. The topological polar surface area (TPSA) is 32.3 Å². The fourth-order valence-electron chi connectivity index (χ4n) is 2.62. The second-order valence-corrected chi connectivity index (χ2v) is 6.56. The molecule has 1 aromatic carbocycles. The van der Waals surface area contributed by atoms with Crippen LogP contribution in [0.3, 0.4) is 0 Å². The lowest BCUT2D eigenvalue weighted by atomic mass is 9.98. The summed E-state index contributed by atoms with van der Waals surface area (Å²) in [5.41, 5.74) is 1.26. The molecule has 1 fully saturated rings. The van der Waals surface area contributed by atoms with Crippen molar-refractivity contribution < 1.29 is 4.79 Å². The zero-order chi connectivity index (χ0) is 14.4. The molecule has 0 saturated carbocycles. The van der Waals surface area contributed by atoms with E-state index in [1.807, 2.05) is 11.9 Å². The summed E-state index contributed by atoms with van der Waals surface area (Å²) in [5, 5.41) is 3.22. The average molecular weight is 329 g/mol. The van der Waals surface area contributed by atoms with Crippen molar-refractivity contribution in [3.05, 3.63) is 29.8 Å². The average Bonchev–Trinajstić information content (AvgIpc) is 2.47. The number of halogens is 1. The molecule has 2 rings (SSSR count). The van der Waals surface area contributed by atoms with Gasteiger partial charge in [-0.15, -0.1) is 24.2 Å². The van der Waals surface area contributed by atoms with E-state index < -0.39 is 0 Å². The number of thioether (sulfide) groups is 1. The maximum Gasteiger partial charge on any atom is 0.232 e. The van der Waals surface area contributed by atoms with Gasteiger partial charge in [0.2, 0.25) is 5.91 Å². The standard InChI is InChI=1S/C16H24N2OS.ClH/c1-13-5-7-15(8-6-13)20-12-16(19)18-9-3-4-14(11-18)10-17-2;/h5-8,14,17H,3-4,9-12H2,1-2H3;1H. The SMILES string of the molecule is CNCC1CCCN(C(=O)CSc2ccc(C)cc2)C1.Cl. The molecular weight excluding hydrogens is 304 g/mol. The van der Waals surface area contributed by atoms with Crippen LogP contribution in [0, 0.1) is 12.8 Å². The summed E-state index contributed by atoms with van der Waals surface area (Å²) < 4.78 is 0. The summed E-state index contributed by atoms with van der Waals surface area (Å²) in [6.07, 6.45) is 2.36. The van der Waals surface area contributed by atoms with E-state index in [-0.39, 0.29) is 18.3 Å². The minimum atomic E-state index is 0. The lowest BCUT2D eigenvalue weighted by molar-refractivity contribution is -0.130. The third-order valence-electron chi connectivity index (χ3n) is 3.75. The minimum Gasteiger partial charge on any atom is -0.342 e. The van der Waals surface area contributed by atoms with E-state index in [0.29, 0.717) is 11.7 Å². The van der Waals surface area contributed by atoms with Gasteiger partial charge in [-0.1, -0.05) is 17.7 Å². The molecule has 1 aliphatic rings. The van der Waals surface area contributed by atoms with E-state index in [1.165, 1.54) is 16.9 Å².